The molecule has 0 heterocycles. The van der Waals surface area contributed by atoms with Gasteiger partial charge in [0.25, 0.3) is 0 Å². The minimum Gasteiger partial charge on any atom is -0.457 e. The van der Waals surface area contributed by atoms with E-state index in [9.17, 15) is 14.0 Å². The van der Waals surface area contributed by atoms with Crippen LogP contribution in [0.15, 0.2) is 47.6 Å². The van der Waals surface area contributed by atoms with Crippen molar-refractivity contribution in [2.45, 2.75) is 46.1 Å². The molecule has 1 unspecified atom stereocenters. The number of ether oxygens (including phenoxy) is 1. The van der Waals surface area contributed by atoms with Crippen LogP contribution < -0.4 is 0 Å². The lowest BCUT2D eigenvalue weighted by Gasteiger charge is -2.19. The van der Waals surface area contributed by atoms with E-state index in [-0.39, 0.29) is 24.1 Å². The maximum atomic E-state index is 12.9. The lowest BCUT2D eigenvalue weighted by molar-refractivity contribution is -0.141. The van der Waals surface area contributed by atoms with Crippen molar-refractivity contribution in [3.8, 4) is 0 Å². The first-order valence-corrected chi connectivity index (χ1v) is 9.20. The number of allylic oxidation sites excluding steroid dienone is 2. The fourth-order valence-electron chi connectivity index (χ4n) is 4.10. The first-order valence-electron chi connectivity index (χ1n) is 9.20. The zero-order valence-electron chi connectivity index (χ0n) is 15.4. The van der Waals surface area contributed by atoms with Crippen LogP contribution in [0.2, 0.25) is 0 Å². The standard InChI is InChI=1S/C22H25FO3/c1-13-4-7-17(10-20-15(3)21(24)11-19(13)20)14(2)22(25)26-12-16-5-8-18(23)9-6-16/h5-6,8-9,13,17,19H,2,4,7,10-12H2,1,3H3/t13?,17-,19-/m0/s1. The maximum Gasteiger partial charge on any atom is 0.334 e. The predicted octanol–water partition coefficient (Wildman–Crippen LogP) is 4.77. The van der Waals surface area contributed by atoms with Gasteiger partial charge in [-0.25, -0.2) is 9.18 Å². The zero-order chi connectivity index (χ0) is 18.8. The maximum absolute atomic E-state index is 12.9. The molecule has 3 rings (SSSR count). The summed E-state index contributed by atoms with van der Waals surface area (Å²) in [6.45, 7) is 8.18. The van der Waals surface area contributed by atoms with E-state index < -0.39 is 5.97 Å². The lowest BCUT2D eigenvalue weighted by atomic mass is 9.86. The van der Waals surface area contributed by atoms with Gasteiger partial charge in [0.15, 0.2) is 5.78 Å². The van der Waals surface area contributed by atoms with Crippen molar-refractivity contribution in [3.05, 3.63) is 58.9 Å². The molecule has 0 radical (unpaired) electrons. The molecule has 0 spiro atoms. The molecule has 138 valence electrons. The van der Waals surface area contributed by atoms with Gasteiger partial charge in [-0.2, -0.15) is 0 Å². The Labute approximate surface area is 153 Å². The molecule has 0 amide bonds. The molecule has 1 fully saturated rings. The summed E-state index contributed by atoms with van der Waals surface area (Å²) in [4.78, 5) is 24.5. The lowest BCUT2D eigenvalue weighted by Crippen LogP contribution is -2.15. The third kappa shape index (κ3) is 3.79. The second-order valence-electron chi connectivity index (χ2n) is 7.57. The van der Waals surface area contributed by atoms with Crippen LogP contribution in [0.4, 0.5) is 4.39 Å². The van der Waals surface area contributed by atoms with E-state index in [1.807, 2.05) is 6.92 Å². The highest BCUT2D eigenvalue weighted by atomic mass is 19.1. The van der Waals surface area contributed by atoms with E-state index in [2.05, 4.69) is 13.5 Å². The number of benzene rings is 1. The molecule has 2 aliphatic carbocycles. The highest BCUT2D eigenvalue weighted by Gasteiger charge is 2.38. The third-order valence-corrected chi connectivity index (χ3v) is 5.91. The summed E-state index contributed by atoms with van der Waals surface area (Å²) in [7, 11) is 0. The Morgan fingerprint density at radius 1 is 1.23 bits per heavy atom. The molecule has 0 bridgehead atoms. The SMILES string of the molecule is C=C(C(=O)OCc1ccc(F)cc1)[C@H]1CCC(C)[C@@H]2CC(=O)C(C)=C2C1. The molecule has 2 aliphatic rings. The van der Waals surface area contributed by atoms with Crippen LogP contribution in [0.3, 0.4) is 0 Å². The second kappa shape index (κ2) is 7.56. The van der Waals surface area contributed by atoms with Gasteiger partial charge < -0.3 is 4.74 Å². The summed E-state index contributed by atoms with van der Waals surface area (Å²) in [6.07, 6.45) is 3.18. The van der Waals surface area contributed by atoms with Crippen molar-refractivity contribution >= 4 is 11.8 Å². The number of rotatable bonds is 4. The summed E-state index contributed by atoms with van der Waals surface area (Å²) in [5, 5.41) is 0. The highest BCUT2D eigenvalue weighted by Crippen LogP contribution is 2.45. The summed E-state index contributed by atoms with van der Waals surface area (Å²) in [5.74, 6) is 0.283. The minimum absolute atomic E-state index is 0.0130. The van der Waals surface area contributed by atoms with Gasteiger partial charge in [-0.1, -0.05) is 31.2 Å². The van der Waals surface area contributed by atoms with Crippen molar-refractivity contribution in [2.24, 2.45) is 17.8 Å². The van der Waals surface area contributed by atoms with Crippen LogP contribution in [0.1, 0.15) is 45.1 Å². The average Bonchev–Trinajstić information content (AvgIpc) is 2.81. The summed E-state index contributed by atoms with van der Waals surface area (Å²) >= 11 is 0. The van der Waals surface area contributed by atoms with Gasteiger partial charge in [-0.05, 0) is 67.2 Å². The van der Waals surface area contributed by atoms with Crippen molar-refractivity contribution in [3.63, 3.8) is 0 Å². The number of carbonyl (C=O) groups is 2. The molecule has 0 aromatic heterocycles. The van der Waals surface area contributed by atoms with Crippen LogP contribution in [-0.4, -0.2) is 11.8 Å². The smallest absolute Gasteiger partial charge is 0.334 e. The van der Waals surface area contributed by atoms with Gasteiger partial charge >= 0.3 is 5.97 Å². The van der Waals surface area contributed by atoms with E-state index in [1.54, 1.807) is 12.1 Å². The van der Waals surface area contributed by atoms with E-state index in [4.69, 9.17) is 4.74 Å². The Balaban J connectivity index is 1.65. The predicted molar refractivity (Wildman–Crippen MR) is 97.7 cm³/mol. The molecule has 4 heteroatoms. The Morgan fingerprint density at radius 3 is 2.62 bits per heavy atom. The summed E-state index contributed by atoms with van der Waals surface area (Å²) < 4.78 is 18.3. The fraction of sp³-hybridized carbons (Fsp3) is 0.455. The van der Waals surface area contributed by atoms with Gasteiger partial charge in [0.05, 0.1) is 0 Å². The first-order chi connectivity index (χ1) is 12.4. The molecule has 26 heavy (non-hydrogen) atoms. The molecule has 0 aliphatic heterocycles. The van der Waals surface area contributed by atoms with Crippen molar-refractivity contribution in [1.29, 1.82) is 0 Å². The number of esters is 1. The van der Waals surface area contributed by atoms with Gasteiger partial charge in [0.1, 0.15) is 12.4 Å². The van der Waals surface area contributed by atoms with Crippen LogP contribution in [-0.2, 0) is 20.9 Å². The number of ketones is 1. The van der Waals surface area contributed by atoms with E-state index in [0.717, 1.165) is 30.4 Å². The molecule has 1 aromatic carbocycles. The molecule has 1 aromatic rings. The van der Waals surface area contributed by atoms with Crippen LogP contribution >= 0.6 is 0 Å². The minimum atomic E-state index is -0.409. The van der Waals surface area contributed by atoms with Crippen LogP contribution in [0, 0.1) is 23.6 Å². The molecule has 1 saturated carbocycles. The summed E-state index contributed by atoms with van der Waals surface area (Å²) in [6, 6.07) is 5.89. The fourth-order valence-corrected chi connectivity index (χ4v) is 4.10. The highest BCUT2D eigenvalue weighted by molar-refractivity contribution is 5.98. The number of hydrogen-bond donors (Lipinski definition) is 0. The Morgan fingerprint density at radius 2 is 1.92 bits per heavy atom. The third-order valence-electron chi connectivity index (χ3n) is 5.91. The Bertz CT molecular complexity index is 760. The first kappa shape index (κ1) is 18.6. The molecular weight excluding hydrogens is 331 g/mol. The number of Topliss-reactive ketones (excluding diaryl/α,β-unsaturated/α-hetero) is 1. The van der Waals surface area contributed by atoms with Crippen molar-refractivity contribution in [2.75, 3.05) is 0 Å². The number of fused-ring (bicyclic) bond motifs is 1. The number of hydrogen-bond acceptors (Lipinski definition) is 3. The second-order valence-corrected chi connectivity index (χ2v) is 7.57. The van der Waals surface area contributed by atoms with E-state index in [1.165, 1.54) is 17.7 Å². The van der Waals surface area contributed by atoms with Gasteiger partial charge in [-0.3, -0.25) is 4.79 Å². The molecular formula is C22H25FO3. The Kier molecular flexibility index (Phi) is 5.40. The molecule has 0 saturated heterocycles. The average molecular weight is 356 g/mol. The molecule has 3 atom stereocenters. The van der Waals surface area contributed by atoms with Crippen LogP contribution in [0.25, 0.3) is 0 Å². The van der Waals surface area contributed by atoms with Gasteiger partial charge in [0, 0.05) is 12.0 Å². The largest absolute Gasteiger partial charge is 0.457 e. The van der Waals surface area contributed by atoms with E-state index >= 15 is 0 Å². The summed E-state index contributed by atoms with van der Waals surface area (Å²) in [5.41, 5.74) is 3.29. The van der Waals surface area contributed by atoms with Crippen molar-refractivity contribution in [1.82, 2.24) is 0 Å². The topological polar surface area (TPSA) is 43.4 Å². The van der Waals surface area contributed by atoms with Gasteiger partial charge in [-0.15, -0.1) is 0 Å². The van der Waals surface area contributed by atoms with E-state index in [0.29, 0.717) is 23.8 Å². The quantitative estimate of drug-likeness (QED) is 0.577. The number of halogens is 1. The normalized spacial score (nSPS) is 25.7. The van der Waals surface area contributed by atoms with Gasteiger partial charge in [0.2, 0.25) is 0 Å². The van der Waals surface area contributed by atoms with Crippen LogP contribution in [0.5, 0.6) is 0 Å². The molecule has 3 nitrogen and oxygen atoms in total. The Hall–Kier alpha value is -2.23. The van der Waals surface area contributed by atoms with Crippen molar-refractivity contribution < 1.29 is 18.7 Å². The number of carbonyl (C=O) groups excluding carboxylic acids is 2. The monoisotopic (exact) mass is 356 g/mol. The molecule has 0 N–H and O–H groups in total. The zero-order valence-corrected chi connectivity index (χ0v) is 15.4.